The van der Waals surface area contributed by atoms with E-state index in [0.29, 0.717) is 23.1 Å². The fraction of sp³-hybridized carbons (Fsp3) is 0.300. The average molecular weight is 496 g/mol. The average Bonchev–Trinajstić information content (AvgIpc) is 2.81. The molecular weight excluding hydrogens is 474 g/mol. The number of fused-ring (bicyclic) bond motifs is 1. The van der Waals surface area contributed by atoms with Crippen LogP contribution in [0.1, 0.15) is 15.9 Å². The van der Waals surface area contributed by atoms with Gasteiger partial charge in [-0.15, -0.1) is 0 Å². The number of morpholine rings is 1. The smallest absolute Gasteiger partial charge is 0.338 e. The van der Waals surface area contributed by atoms with E-state index in [1.165, 1.54) is 47.8 Å². The monoisotopic (exact) mass is 495 g/mol. The molecule has 176 valence electrons. The van der Waals surface area contributed by atoms with Crippen molar-refractivity contribution >= 4 is 37.7 Å². The maximum absolute atomic E-state index is 13.1. The van der Waals surface area contributed by atoms with Crippen LogP contribution in [0.2, 0.25) is 0 Å². The van der Waals surface area contributed by atoms with E-state index >= 15 is 0 Å². The molecule has 0 saturated carbocycles. The SMILES string of the molecule is CN1C(=O)N(Cc2ccc(S(=O)(=O)N3CCOCC3)cc2)S(=O)(=O)c2cc(C(=O)O)ccc21. The predicted octanol–water partition coefficient (Wildman–Crippen LogP) is 1.17. The van der Waals surface area contributed by atoms with Gasteiger partial charge in [0.1, 0.15) is 4.90 Å². The van der Waals surface area contributed by atoms with Crippen LogP contribution < -0.4 is 4.90 Å². The Kier molecular flexibility index (Phi) is 5.90. The number of carboxylic acid groups (broad SMARTS) is 1. The first kappa shape index (κ1) is 23.2. The molecule has 0 radical (unpaired) electrons. The summed E-state index contributed by atoms with van der Waals surface area (Å²) in [5.74, 6) is -1.30. The van der Waals surface area contributed by atoms with Gasteiger partial charge in [0.25, 0.3) is 10.0 Å². The highest BCUT2D eigenvalue weighted by atomic mass is 32.2. The summed E-state index contributed by atoms with van der Waals surface area (Å²) in [6, 6.07) is 8.32. The number of benzene rings is 2. The van der Waals surface area contributed by atoms with Gasteiger partial charge in [0, 0.05) is 20.1 Å². The van der Waals surface area contributed by atoms with Gasteiger partial charge in [0.05, 0.1) is 35.9 Å². The number of hydrogen-bond donors (Lipinski definition) is 1. The normalized spacial score (nSPS) is 18.8. The van der Waals surface area contributed by atoms with Gasteiger partial charge < -0.3 is 9.84 Å². The van der Waals surface area contributed by atoms with E-state index in [1.54, 1.807) is 0 Å². The van der Waals surface area contributed by atoms with Crippen LogP contribution in [-0.2, 0) is 31.3 Å². The highest BCUT2D eigenvalue weighted by molar-refractivity contribution is 7.90. The number of sulfonamides is 2. The van der Waals surface area contributed by atoms with Crippen molar-refractivity contribution < 1.29 is 36.3 Å². The lowest BCUT2D eigenvalue weighted by Crippen LogP contribution is -2.48. The molecule has 2 aromatic rings. The van der Waals surface area contributed by atoms with Gasteiger partial charge in [-0.2, -0.15) is 4.31 Å². The fourth-order valence-corrected chi connectivity index (χ4v) is 6.68. The number of amides is 2. The number of rotatable bonds is 5. The van der Waals surface area contributed by atoms with Gasteiger partial charge in [0.2, 0.25) is 10.0 Å². The second-order valence-corrected chi connectivity index (χ2v) is 11.3. The molecule has 1 N–H and O–H groups in total. The van der Waals surface area contributed by atoms with E-state index in [-0.39, 0.29) is 40.7 Å². The second-order valence-electron chi connectivity index (χ2n) is 7.50. The van der Waals surface area contributed by atoms with Crippen molar-refractivity contribution in [3.63, 3.8) is 0 Å². The molecule has 11 nitrogen and oxygen atoms in total. The highest BCUT2D eigenvalue weighted by Gasteiger charge is 2.40. The van der Waals surface area contributed by atoms with Crippen molar-refractivity contribution in [2.75, 3.05) is 38.3 Å². The molecule has 0 aliphatic carbocycles. The third-order valence-corrected chi connectivity index (χ3v) is 9.16. The standard InChI is InChI=1S/C20H21N3O8S2/c1-21-17-7-4-15(19(24)25)12-18(17)33(29,30)23(20(21)26)13-14-2-5-16(6-3-14)32(27,28)22-8-10-31-11-9-22/h2-7,12H,8-11,13H2,1H3,(H,24,25). The summed E-state index contributed by atoms with van der Waals surface area (Å²) in [5, 5.41) is 9.21. The molecule has 4 rings (SSSR count). The van der Waals surface area contributed by atoms with Crippen LogP contribution in [0.5, 0.6) is 0 Å². The summed E-state index contributed by atoms with van der Waals surface area (Å²) < 4.78 is 58.9. The minimum absolute atomic E-state index is 0.0505. The van der Waals surface area contributed by atoms with Crippen LogP contribution in [0, 0.1) is 0 Å². The van der Waals surface area contributed by atoms with Crippen LogP contribution in [0.4, 0.5) is 10.5 Å². The molecule has 2 heterocycles. The zero-order chi connectivity index (χ0) is 24.0. The van der Waals surface area contributed by atoms with E-state index in [2.05, 4.69) is 0 Å². The molecule has 1 fully saturated rings. The number of hydrogen-bond acceptors (Lipinski definition) is 7. The molecule has 0 spiro atoms. The van der Waals surface area contributed by atoms with Crippen LogP contribution >= 0.6 is 0 Å². The number of carbonyl (C=O) groups is 2. The molecule has 0 aromatic heterocycles. The highest BCUT2D eigenvalue weighted by Crippen LogP contribution is 2.35. The lowest BCUT2D eigenvalue weighted by atomic mass is 10.2. The third kappa shape index (κ3) is 4.08. The van der Waals surface area contributed by atoms with Gasteiger partial charge in [-0.25, -0.2) is 30.7 Å². The van der Waals surface area contributed by atoms with Crippen molar-refractivity contribution in [3.05, 3.63) is 53.6 Å². The Morgan fingerprint density at radius 3 is 2.33 bits per heavy atom. The molecule has 2 amide bonds. The van der Waals surface area contributed by atoms with Gasteiger partial charge >= 0.3 is 12.0 Å². The first-order valence-corrected chi connectivity index (χ1v) is 12.8. The quantitative estimate of drug-likeness (QED) is 0.651. The minimum Gasteiger partial charge on any atom is -0.478 e. The molecule has 2 aromatic carbocycles. The predicted molar refractivity (Wildman–Crippen MR) is 116 cm³/mol. The third-order valence-electron chi connectivity index (χ3n) is 5.49. The van der Waals surface area contributed by atoms with Crippen molar-refractivity contribution in [3.8, 4) is 0 Å². The summed E-state index contributed by atoms with van der Waals surface area (Å²) >= 11 is 0. The maximum Gasteiger partial charge on any atom is 0.338 e. The minimum atomic E-state index is -4.34. The Hall–Kier alpha value is -3.00. The van der Waals surface area contributed by atoms with Crippen LogP contribution in [0.3, 0.4) is 0 Å². The second kappa shape index (κ2) is 8.41. The molecule has 2 aliphatic heterocycles. The number of aromatic carboxylic acids is 1. The topological polar surface area (TPSA) is 142 Å². The van der Waals surface area contributed by atoms with Gasteiger partial charge in [-0.05, 0) is 35.9 Å². The van der Waals surface area contributed by atoms with Crippen LogP contribution in [-0.4, -0.2) is 75.9 Å². The van der Waals surface area contributed by atoms with Crippen molar-refractivity contribution in [2.24, 2.45) is 0 Å². The largest absolute Gasteiger partial charge is 0.478 e. The summed E-state index contributed by atoms with van der Waals surface area (Å²) in [7, 11) is -6.66. The molecule has 13 heteroatoms. The fourth-order valence-electron chi connectivity index (χ4n) is 3.64. The first-order valence-electron chi connectivity index (χ1n) is 9.88. The van der Waals surface area contributed by atoms with E-state index in [4.69, 9.17) is 4.74 Å². The number of carboxylic acids is 1. The van der Waals surface area contributed by atoms with Gasteiger partial charge in [-0.3, -0.25) is 4.90 Å². The lowest BCUT2D eigenvalue weighted by molar-refractivity contribution is 0.0696. The molecule has 0 atom stereocenters. The molecule has 2 aliphatic rings. The van der Waals surface area contributed by atoms with E-state index in [1.807, 2.05) is 0 Å². The lowest BCUT2D eigenvalue weighted by Gasteiger charge is -2.34. The van der Waals surface area contributed by atoms with Crippen LogP contribution in [0.15, 0.2) is 52.3 Å². The van der Waals surface area contributed by atoms with E-state index in [0.717, 1.165) is 11.0 Å². The number of nitrogens with zero attached hydrogens (tertiary/aromatic N) is 3. The zero-order valence-electron chi connectivity index (χ0n) is 17.5. The van der Waals surface area contributed by atoms with Gasteiger partial charge in [-0.1, -0.05) is 12.1 Å². The number of ether oxygens (including phenoxy) is 1. The number of carbonyl (C=O) groups excluding carboxylic acids is 1. The van der Waals surface area contributed by atoms with Crippen molar-refractivity contribution in [1.29, 1.82) is 0 Å². The zero-order valence-corrected chi connectivity index (χ0v) is 19.2. The Morgan fingerprint density at radius 2 is 1.73 bits per heavy atom. The maximum atomic E-state index is 13.1. The Bertz CT molecular complexity index is 1320. The number of anilines is 1. The summed E-state index contributed by atoms with van der Waals surface area (Å²) in [5.41, 5.74) is 0.241. The van der Waals surface area contributed by atoms with Crippen LogP contribution in [0.25, 0.3) is 0 Å². The molecule has 1 saturated heterocycles. The molecule has 33 heavy (non-hydrogen) atoms. The summed E-state index contributed by atoms with van der Waals surface area (Å²) in [6.45, 7) is 0.763. The van der Waals surface area contributed by atoms with Crippen molar-refractivity contribution in [1.82, 2.24) is 8.61 Å². The summed E-state index contributed by atoms with van der Waals surface area (Å²) in [6.07, 6.45) is 0. The summed E-state index contributed by atoms with van der Waals surface area (Å²) in [4.78, 5) is 25.0. The Labute approximate surface area is 190 Å². The van der Waals surface area contributed by atoms with E-state index in [9.17, 15) is 31.5 Å². The molecular formula is C20H21N3O8S2. The van der Waals surface area contributed by atoms with Gasteiger partial charge in [0.15, 0.2) is 0 Å². The van der Waals surface area contributed by atoms with Crippen molar-refractivity contribution in [2.45, 2.75) is 16.3 Å². The molecule has 0 unspecified atom stereocenters. The number of urea groups is 1. The Morgan fingerprint density at radius 1 is 1.09 bits per heavy atom. The first-order chi connectivity index (χ1) is 15.5. The van der Waals surface area contributed by atoms with E-state index < -0.39 is 32.0 Å². The Balaban J connectivity index is 1.63. The molecule has 0 bridgehead atoms.